The van der Waals surface area contributed by atoms with E-state index in [0.29, 0.717) is 13.0 Å². The van der Waals surface area contributed by atoms with Crippen LogP contribution in [0.15, 0.2) is 24.3 Å². The van der Waals surface area contributed by atoms with E-state index < -0.39 is 11.5 Å². The van der Waals surface area contributed by atoms with Crippen molar-refractivity contribution >= 4 is 11.7 Å². The molecule has 1 fully saturated rings. The molecule has 0 bridgehead atoms. The molecular formula is C12H15NO3. The minimum atomic E-state index is -0.964. The second-order valence-corrected chi connectivity index (χ2v) is 4.18. The topological polar surface area (TPSA) is 58.6 Å². The Hall–Kier alpha value is -1.55. The summed E-state index contributed by atoms with van der Waals surface area (Å²) in [6, 6.07) is 7.69. The van der Waals surface area contributed by atoms with Crippen LogP contribution >= 0.6 is 0 Å². The molecule has 4 heteroatoms. The Balaban J connectivity index is 2.21. The fourth-order valence-corrected chi connectivity index (χ4v) is 1.88. The van der Waals surface area contributed by atoms with Crippen LogP contribution in [-0.4, -0.2) is 29.8 Å². The lowest BCUT2D eigenvalue weighted by Crippen LogP contribution is -2.47. The zero-order valence-corrected chi connectivity index (χ0v) is 9.19. The number of aryl methyl sites for hydroxylation is 1. The molecule has 0 aromatic heterocycles. The number of hydrogen-bond donors (Lipinski definition) is 2. The molecule has 0 saturated carbocycles. The van der Waals surface area contributed by atoms with Crippen molar-refractivity contribution < 1.29 is 14.6 Å². The molecule has 1 aromatic rings. The van der Waals surface area contributed by atoms with E-state index in [-0.39, 0.29) is 6.61 Å². The Kier molecular flexibility index (Phi) is 2.83. The summed E-state index contributed by atoms with van der Waals surface area (Å²) in [5, 5.41) is 12.3. The van der Waals surface area contributed by atoms with Crippen LogP contribution < -0.4 is 5.32 Å². The molecule has 1 heterocycles. The summed E-state index contributed by atoms with van der Waals surface area (Å²) in [6.45, 7) is 2.69. The van der Waals surface area contributed by atoms with Crippen molar-refractivity contribution in [3.8, 4) is 0 Å². The summed E-state index contributed by atoms with van der Waals surface area (Å²) in [5.41, 5.74) is 0.964. The summed E-state index contributed by atoms with van der Waals surface area (Å²) < 4.78 is 5.18. The van der Waals surface area contributed by atoms with Crippen LogP contribution in [-0.2, 0) is 9.53 Å². The van der Waals surface area contributed by atoms with Crippen LogP contribution in [0.2, 0.25) is 0 Å². The maximum absolute atomic E-state index is 11.3. The molecule has 1 unspecified atom stereocenters. The summed E-state index contributed by atoms with van der Waals surface area (Å²) in [5.74, 6) is -0.855. The lowest BCUT2D eigenvalue weighted by atomic mass is 9.98. The third-order valence-electron chi connectivity index (χ3n) is 2.83. The smallest absolute Gasteiger partial charge is 0.331 e. The van der Waals surface area contributed by atoms with Crippen molar-refractivity contribution in [2.75, 3.05) is 18.5 Å². The first kappa shape index (κ1) is 11.0. The number of carbonyl (C=O) groups is 1. The molecule has 1 aliphatic heterocycles. The standard InChI is InChI=1S/C12H15NO3/c1-9-3-2-4-10(7-9)13-12(11(14)15)5-6-16-8-12/h2-4,7,13H,5-6,8H2,1H3,(H,14,15). The van der Waals surface area contributed by atoms with Gasteiger partial charge >= 0.3 is 5.97 Å². The molecule has 0 radical (unpaired) electrons. The molecular weight excluding hydrogens is 206 g/mol. The zero-order valence-electron chi connectivity index (χ0n) is 9.19. The van der Waals surface area contributed by atoms with Gasteiger partial charge in [0, 0.05) is 18.7 Å². The Morgan fingerprint density at radius 3 is 2.94 bits per heavy atom. The number of carboxylic acids is 1. The van der Waals surface area contributed by atoms with Gasteiger partial charge in [-0.05, 0) is 24.6 Å². The van der Waals surface area contributed by atoms with Gasteiger partial charge in [-0.3, -0.25) is 0 Å². The van der Waals surface area contributed by atoms with Gasteiger partial charge in [-0.2, -0.15) is 0 Å². The van der Waals surface area contributed by atoms with Gasteiger partial charge in [0.25, 0.3) is 0 Å². The van der Waals surface area contributed by atoms with E-state index in [1.807, 2.05) is 31.2 Å². The first-order valence-electron chi connectivity index (χ1n) is 5.28. The number of benzene rings is 1. The Bertz CT molecular complexity index is 397. The highest BCUT2D eigenvalue weighted by atomic mass is 16.5. The average molecular weight is 221 g/mol. The normalized spacial score (nSPS) is 24.3. The first-order chi connectivity index (χ1) is 7.62. The van der Waals surface area contributed by atoms with Crippen LogP contribution in [0.3, 0.4) is 0 Å². The summed E-state index contributed by atoms with van der Waals surface area (Å²) >= 11 is 0. The first-order valence-corrected chi connectivity index (χ1v) is 5.28. The minimum Gasteiger partial charge on any atom is -0.479 e. The average Bonchev–Trinajstić information content (AvgIpc) is 2.67. The highest BCUT2D eigenvalue weighted by Gasteiger charge is 2.42. The molecule has 1 aliphatic rings. The molecule has 0 spiro atoms. The van der Waals surface area contributed by atoms with Crippen LogP contribution in [0, 0.1) is 6.92 Å². The van der Waals surface area contributed by atoms with Crippen molar-refractivity contribution in [3.63, 3.8) is 0 Å². The number of rotatable bonds is 3. The van der Waals surface area contributed by atoms with Gasteiger partial charge in [-0.25, -0.2) is 4.79 Å². The third-order valence-corrected chi connectivity index (χ3v) is 2.83. The van der Waals surface area contributed by atoms with E-state index in [9.17, 15) is 9.90 Å². The summed E-state index contributed by atoms with van der Waals surface area (Å²) in [7, 11) is 0. The van der Waals surface area contributed by atoms with Crippen molar-refractivity contribution in [3.05, 3.63) is 29.8 Å². The van der Waals surface area contributed by atoms with Crippen LogP contribution in [0.25, 0.3) is 0 Å². The second-order valence-electron chi connectivity index (χ2n) is 4.18. The monoisotopic (exact) mass is 221 g/mol. The van der Waals surface area contributed by atoms with Gasteiger partial charge in [0.05, 0.1) is 6.61 Å². The Morgan fingerprint density at radius 2 is 2.38 bits per heavy atom. The molecule has 4 nitrogen and oxygen atoms in total. The van der Waals surface area contributed by atoms with Gasteiger partial charge in [0.1, 0.15) is 0 Å². The Labute approximate surface area is 94.2 Å². The van der Waals surface area contributed by atoms with Crippen molar-refractivity contribution in [1.82, 2.24) is 0 Å². The second kappa shape index (κ2) is 4.14. The molecule has 0 aliphatic carbocycles. The lowest BCUT2D eigenvalue weighted by molar-refractivity contribution is -0.142. The largest absolute Gasteiger partial charge is 0.479 e. The molecule has 2 rings (SSSR count). The third kappa shape index (κ3) is 2.02. The van der Waals surface area contributed by atoms with E-state index in [1.54, 1.807) is 0 Å². The minimum absolute atomic E-state index is 0.219. The molecule has 86 valence electrons. The molecule has 16 heavy (non-hydrogen) atoms. The summed E-state index contributed by atoms with van der Waals surface area (Å²) in [4.78, 5) is 11.3. The SMILES string of the molecule is Cc1cccc(NC2(C(=O)O)CCOC2)c1. The van der Waals surface area contributed by atoms with Gasteiger partial charge in [0.15, 0.2) is 5.54 Å². The Morgan fingerprint density at radius 1 is 1.56 bits per heavy atom. The van der Waals surface area contributed by atoms with Crippen LogP contribution in [0.5, 0.6) is 0 Å². The van der Waals surface area contributed by atoms with Crippen molar-refractivity contribution in [1.29, 1.82) is 0 Å². The predicted molar refractivity (Wildman–Crippen MR) is 60.6 cm³/mol. The molecule has 1 saturated heterocycles. The predicted octanol–water partition coefficient (Wildman–Crippen LogP) is 1.65. The maximum Gasteiger partial charge on any atom is 0.331 e. The molecule has 1 atom stereocenters. The summed E-state index contributed by atoms with van der Waals surface area (Å²) in [6.07, 6.45) is 0.496. The van der Waals surface area contributed by atoms with Gasteiger partial charge in [-0.15, -0.1) is 0 Å². The fraction of sp³-hybridized carbons (Fsp3) is 0.417. The number of hydrogen-bond acceptors (Lipinski definition) is 3. The van der Waals surface area contributed by atoms with E-state index in [1.165, 1.54) is 0 Å². The van der Waals surface area contributed by atoms with Crippen molar-refractivity contribution in [2.45, 2.75) is 18.9 Å². The molecule has 2 N–H and O–H groups in total. The van der Waals surface area contributed by atoms with E-state index in [0.717, 1.165) is 11.3 Å². The highest BCUT2D eigenvalue weighted by Crippen LogP contribution is 2.25. The van der Waals surface area contributed by atoms with E-state index in [4.69, 9.17) is 4.74 Å². The van der Waals surface area contributed by atoms with Crippen molar-refractivity contribution in [2.24, 2.45) is 0 Å². The maximum atomic E-state index is 11.3. The number of anilines is 1. The van der Waals surface area contributed by atoms with E-state index >= 15 is 0 Å². The number of ether oxygens (including phenoxy) is 1. The van der Waals surface area contributed by atoms with Crippen LogP contribution in [0.4, 0.5) is 5.69 Å². The zero-order chi connectivity index (χ0) is 11.6. The lowest BCUT2D eigenvalue weighted by Gasteiger charge is -2.25. The fourth-order valence-electron chi connectivity index (χ4n) is 1.88. The highest BCUT2D eigenvalue weighted by molar-refractivity contribution is 5.83. The van der Waals surface area contributed by atoms with Crippen LogP contribution in [0.1, 0.15) is 12.0 Å². The van der Waals surface area contributed by atoms with Gasteiger partial charge in [-0.1, -0.05) is 12.1 Å². The number of aliphatic carboxylic acids is 1. The molecule has 1 aromatic carbocycles. The number of nitrogens with one attached hydrogen (secondary N) is 1. The number of carboxylic acid groups (broad SMARTS) is 1. The quantitative estimate of drug-likeness (QED) is 0.814. The van der Waals surface area contributed by atoms with E-state index in [2.05, 4.69) is 5.32 Å². The molecule has 0 amide bonds. The van der Waals surface area contributed by atoms with Gasteiger partial charge in [0.2, 0.25) is 0 Å². The van der Waals surface area contributed by atoms with Gasteiger partial charge < -0.3 is 15.2 Å².